The summed E-state index contributed by atoms with van der Waals surface area (Å²) >= 11 is 0. The van der Waals surface area contributed by atoms with Crippen LogP contribution in [0.5, 0.6) is 0 Å². The Labute approximate surface area is 69.0 Å². The van der Waals surface area contributed by atoms with E-state index in [-0.39, 0.29) is 0 Å². The molecule has 0 spiro atoms. The fraction of sp³-hybridized carbons (Fsp3) is 0.667. The van der Waals surface area contributed by atoms with Crippen molar-refractivity contribution in [1.29, 1.82) is 0 Å². The molecule has 0 aliphatic heterocycles. The van der Waals surface area contributed by atoms with Crippen LogP contribution in [0.1, 0.15) is 26.7 Å². The lowest BCUT2D eigenvalue weighted by atomic mass is 10.3. The predicted molar refractivity (Wildman–Crippen MR) is 49.0 cm³/mol. The van der Waals surface area contributed by atoms with E-state index in [2.05, 4.69) is 11.9 Å². The van der Waals surface area contributed by atoms with Gasteiger partial charge in [-0.15, -0.1) is 0 Å². The van der Waals surface area contributed by atoms with Crippen molar-refractivity contribution >= 4 is 6.21 Å². The second kappa shape index (κ2) is 7.48. The Hall–Kier alpha value is -0.630. The van der Waals surface area contributed by atoms with E-state index >= 15 is 0 Å². The standard InChI is InChI=1S/C9H17NO/c1-4-7-10-9(5-2)6-8-11-3/h5,7H,4,6,8H2,1-3H3/b9-5-,10-7?. The van der Waals surface area contributed by atoms with Crippen molar-refractivity contribution < 1.29 is 4.74 Å². The Morgan fingerprint density at radius 3 is 2.73 bits per heavy atom. The summed E-state index contributed by atoms with van der Waals surface area (Å²) in [4.78, 5) is 4.25. The highest BCUT2D eigenvalue weighted by Gasteiger charge is 1.89. The first-order valence-electron chi connectivity index (χ1n) is 4.01. The topological polar surface area (TPSA) is 21.6 Å². The monoisotopic (exact) mass is 155 g/mol. The highest BCUT2D eigenvalue weighted by atomic mass is 16.5. The van der Waals surface area contributed by atoms with Gasteiger partial charge >= 0.3 is 0 Å². The van der Waals surface area contributed by atoms with E-state index in [0.717, 1.165) is 25.1 Å². The van der Waals surface area contributed by atoms with Crippen molar-refractivity contribution in [2.45, 2.75) is 26.7 Å². The van der Waals surface area contributed by atoms with Gasteiger partial charge in [-0.3, -0.25) is 4.99 Å². The van der Waals surface area contributed by atoms with Crippen molar-refractivity contribution in [3.63, 3.8) is 0 Å². The van der Waals surface area contributed by atoms with Gasteiger partial charge in [0.2, 0.25) is 0 Å². The Bertz CT molecular complexity index is 138. The van der Waals surface area contributed by atoms with Gasteiger partial charge in [-0.05, 0) is 13.3 Å². The van der Waals surface area contributed by atoms with Gasteiger partial charge in [0.1, 0.15) is 0 Å². The summed E-state index contributed by atoms with van der Waals surface area (Å²) in [5.74, 6) is 0. The predicted octanol–water partition coefficient (Wildman–Crippen LogP) is 2.41. The minimum absolute atomic E-state index is 0.751. The first-order valence-corrected chi connectivity index (χ1v) is 4.01. The van der Waals surface area contributed by atoms with Crippen LogP contribution in [0.4, 0.5) is 0 Å². The van der Waals surface area contributed by atoms with Crippen LogP contribution >= 0.6 is 0 Å². The minimum Gasteiger partial charge on any atom is -0.384 e. The summed E-state index contributed by atoms with van der Waals surface area (Å²) in [5, 5.41) is 0. The smallest absolute Gasteiger partial charge is 0.0517 e. The molecule has 0 rings (SSSR count). The first kappa shape index (κ1) is 10.4. The van der Waals surface area contributed by atoms with Crippen molar-refractivity contribution in [1.82, 2.24) is 0 Å². The number of nitrogens with zero attached hydrogens (tertiary/aromatic N) is 1. The molecule has 0 aliphatic rings. The molecule has 0 saturated carbocycles. The normalized spacial score (nSPS) is 12.8. The van der Waals surface area contributed by atoms with Gasteiger partial charge in [0.25, 0.3) is 0 Å². The van der Waals surface area contributed by atoms with Crippen LogP contribution in [0.2, 0.25) is 0 Å². The maximum absolute atomic E-state index is 4.94. The lowest BCUT2D eigenvalue weighted by Gasteiger charge is -1.98. The third-order valence-electron chi connectivity index (χ3n) is 1.34. The largest absolute Gasteiger partial charge is 0.384 e. The molecule has 0 saturated heterocycles. The highest BCUT2D eigenvalue weighted by Crippen LogP contribution is 2.01. The van der Waals surface area contributed by atoms with Gasteiger partial charge in [0, 0.05) is 25.4 Å². The summed E-state index contributed by atoms with van der Waals surface area (Å²) in [5.41, 5.74) is 1.11. The first-order chi connectivity index (χ1) is 5.35. The van der Waals surface area contributed by atoms with E-state index in [9.17, 15) is 0 Å². The van der Waals surface area contributed by atoms with E-state index < -0.39 is 0 Å². The number of ether oxygens (including phenoxy) is 1. The molecule has 11 heavy (non-hydrogen) atoms. The van der Waals surface area contributed by atoms with Crippen molar-refractivity contribution in [2.75, 3.05) is 13.7 Å². The van der Waals surface area contributed by atoms with E-state index in [0.29, 0.717) is 0 Å². The number of allylic oxidation sites excluding steroid dienone is 1. The average Bonchev–Trinajstić information content (AvgIpc) is 2.05. The van der Waals surface area contributed by atoms with Crippen LogP contribution in [-0.4, -0.2) is 19.9 Å². The minimum atomic E-state index is 0.751. The molecule has 64 valence electrons. The van der Waals surface area contributed by atoms with Gasteiger partial charge in [-0.25, -0.2) is 0 Å². The third kappa shape index (κ3) is 5.80. The molecule has 0 amide bonds. The van der Waals surface area contributed by atoms with Crippen molar-refractivity contribution in [3.8, 4) is 0 Å². The average molecular weight is 155 g/mol. The second-order valence-electron chi connectivity index (χ2n) is 2.24. The molecule has 0 aliphatic carbocycles. The fourth-order valence-corrected chi connectivity index (χ4v) is 0.699. The van der Waals surface area contributed by atoms with Gasteiger partial charge in [-0.2, -0.15) is 0 Å². The van der Waals surface area contributed by atoms with Gasteiger partial charge < -0.3 is 4.74 Å². The molecule has 2 heteroatoms. The Balaban J connectivity index is 3.68. The maximum Gasteiger partial charge on any atom is 0.0517 e. The lowest BCUT2D eigenvalue weighted by Crippen LogP contribution is -1.90. The maximum atomic E-state index is 4.94. The van der Waals surface area contributed by atoms with Crippen LogP contribution in [0.25, 0.3) is 0 Å². The molecule has 0 aromatic carbocycles. The number of aliphatic imine (C=N–C) groups is 1. The Kier molecular flexibility index (Phi) is 7.05. The summed E-state index contributed by atoms with van der Waals surface area (Å²) in [6.45, 7) is 4.83. The van der Waals surface area contributed by atoms with E-state index in [1.54, 1.807) is 7.11 Å². The molecular weight excluding hydrogens is 138 g/mol. The van der Waals surface area contributed by atoms with Crippen LogP contribution in [0.3, 0.4) is 0 Å². The zero-order chi connectivity index (χ0) is 8.53. The summed E-state index contributed by atoms with van der Waals surface area (Å²) in [6.07, 6.45) is 5.84. The van der Waals surface area contributed by atoms with Crippen molar-refractivity contribution in [3.05, 3.63) is 11.8 Å². The number of hydrogen-bond acceptors (Lipinski definition) is 2. The molecule has 0 heterocycles. The summed E-state index contributed by atoms with van der Waals surface area (Å²) in [7, 11) is 1.71. The van der Waals surface area contributed by atoms with E-state index in [1.807, 2.05) is 19.2 Å². The molecule has 2 nitrogen and oxygen atoms in total. The lowest BCUT2D eigenvalue weighted by molar-refractivity contribution is 0.202. The van der Waals surface area contributed by atoms with E-state index in [4.69, 9.17) is 4.74 Å². The highest BCUT2D eigenvalue weighted by molar-refractivity contribution is 5.58. The molecular formula is C9H17NO. The van der Waals surface area contributed by atoms with Crippen LogP contribution in [0.15, 0.2) is 16.8 Å². The molecule has 0 unspecified atom stereocenters. The van der Waals surface area contributed by atoms with Gasteiger partial charge in [-0.1, -0.05) is 13.0 Å². The number of rotatable bonds is 5. The SMILES string of the molecule is C/C=C(/CCOC)N=CCC. The zero-order valence-electron chi connectivity index (χ0n) is 7.63. The zero-order valence-corrected chi connectivity index (χ0v) is 7.63. The molecule has 0 radical (unpaired) electrons. The van der Waals surface area contributed by atoms with Crippen molar-refractivity contribution in [2.24, 2.45) is 4.99 Å². The summed E-state index contributed by atoms with van der Waals surface area (Å²) < 4.78 is 4.94. The van der Waals surface area contributed by atoms with Crippen LogP contribution < -0.4 is 0 Å². The number of hydrogen-bond donors (Lipinski definition) is 0. The fourth-order valence-electron chi connectivity index (χ4n) is 0.699. The van der Waals surface area contributed by atoms with Crippen LogP contribution in [-0.2, 0) is 4.74 Å². The third-order valence-corrected chi connectivity index (χ3v) is 1.34. The molecule has 0 atom stereocenters. The molecule has 0 N–H and O–H groups in total. The quantitative estimate of drug-likeness (QED) is 0.559. The molecule has 0 bridgehead atoms. The molecule has 0 aromatic rings. The number of methoxy groups -OCH3 is 1. The summed E-state index contributed by atoms with van der Waals surface area (Å²) in [6, 6.07) is 0. The Morgan fingerprint density at radius 2 is 2.27 bits per heavy atom. The Morgan fingerprint density at radius 1 is 1.55 bits per heavy atom. The molecule has 0 fully saturated rings. The van der Waals surface area contributed by atoms with Crippen LogP contribution in [0, 0.1) is 0 Å². The van der Waals surface area contributed by atoms with Gasteiger partial charge in [0.05, 0.1) is 6.61 Å². The van der Waals surface area contributed by atoms with E-state index in [1.165, 1.54) is 0 Å². The van der Waals surface area contributed by atoms with Gasteiger partial charge in [0.15, 0.2) is 0 Å². The molecule has 0 aromatic heterocycles. The second-order valence-corrected chi connectivity index (χ2v) is 2.24.